The van der Waals surface area contributed by atoms with Gasteiger partial charge >= 0.3 is 0 Å². The summed E-state index contributed by atoms with van der Waals surface area (Å²) in [6.07, 6.45) is 1.35. The second-order valence-corrected chi connectivity index (χ2v) is 4.47. The lowest BCUT2D eigenvalue weighted by atomic mass is 10.2. The number of aryl methyl sites for hydroxylation is 1. The smallest absolute Gasteiger partial charge is 0.257 e. The van der Waals surface area contributed by atoms with Crippen molar-refractivity contribution in [3.05, 3.63) is 53.2 Å². The van der Waals surface area contributed by atoms with Gasteiger partial charge in [0.15, 0.2) is 5.82 Å². The molecule has 0 bridgehead atoms. The molecule has 0 atom stereocenters. The summed E-state index contributed by atoms with van der Waals surface area (Å²) in [5.41, 5.74) is 0.0278. The molecule has 2 aromatic rings. The molecule has 0 spiro atoms. The highest BCUT2D eigenvalue weighted by Crippen LogP contribution is 2.22. The number of halogens is 2. The molecule has 2 N–H and O–H groups in total. The summed E-state index contributed by atoms with van der Waals surface area (Å²) in [5, 5.41) is 5.22. The molecule has 1 amide bonds. The summed E-state index contributed by atoms with van der Waals surface area (Å²) in [7, 11) is 0. The van der Waals surface area contributed by atoms with Crippen molar-refractivity contribution in [2.75, 3.05) is 17.2 Å². The zero-order valence-corrected chi connectivity index (χ0v) is 11.7. The Morgan fingerprint density at radius 2 is 2.00 bits per heavy atom. The highest BCUT2D eigenvalue weighted by atomic mass is 19.1. The molecule has 0 aliphatic carbocycles. The largest absolute Gasteiger partial charge is 0.370 e. The second-order valence-electron chi connectivity index (χ2n) is 4.47. The average Bonchev–Trinajstić information content (AvgIpc) is 2.48. The summed E-state index contributed by atoms with van der Waals surface area (Å²) >= 11 is 0. The zero-order chi connectivity index (χ0) is 15.4. The van der Waals surface area contributed by atoms with Crippen LogP contribution in [0.5, 0.6) is 0 Å². The van der Waals surface area contributed by atoms with E-state index in [-0.39, 0.29) is 11.1 Å². The summed E-state index contributed by atoms with van der Waals surface area (Å²) in [4.78, 5) is 16.0. The summed E-state index contributed by atoms with van der Waals surface area (Å²) in [6, 6.07) is 5.58. The Hall–Kier alpha value is -2.50. The number of pyridine rings is 1. The molecular formula is C15H15F2N3O. The van der Waals surface area contributed by atoms with Gasteiger partial charge in [-0.25, -0.2) is 13.8 Å². The molecule has 4 nitrogen and oxygen atoms in total. The van der Waals surface area contributed by atoms with E-state index in [0.29, 0.717) is 12.4 Å². The van der Waals surface area contributed by atoms with E-state index in [9.17, 15) is 13.6 Å². The summed E-state index contributed by atoms with van der Waals surface area (Å²) in [6.45, 7) is 4.13. The third-order valence-electron chi connectivity index (χ3n) is 2.91. The monoisotopic (exact) mass is 291 g/mol. The van der Waals surface area contributed by atoms with Crippen molar-refractivity contribution in [1.29, 1.82) is 0 Å². The molecule has 21 heavy (non-hydrogen) atoms. The summed E-state index contributed by atoms with van der Waals surface area (Å²) < 4.78 is 27.4. The van der Waals surface area contributed by atoms with Gasteiger partial charge in [0.1, 0.15) is 17.3 Å². The van der Waals surface area contributed by atoms with Crippen LogP contribution in [0.4, 0.5) is 20.3 Å². The Bertz CT molecular complexity index is 657. The van der Waals surface area contributed by atoms with E-state index in [1.807, 2.05) is 6.92 Å². The summed E-state index contributed by atoms with van der Waals surface area (Å²) in [5.74, 6) is -1.58. The first-order chi connectivity index (χ1) is 10.0. The number of benzene rings is 1. The molecule has 1 heterocycles. The Morgan fingerprint density at radius 1 is 1.24 bits per heavy atom. The van der Waals surface area contributed by atoms with Crippen molar-refractivity contribution in [1.82, 2.24) is 4.98 Å². The van der Waals surface area contributed by atoms with Crippen LogP contribution in [0.25, 0.3) is 0 Å². The highest BCUT2D eigenvalue weighted by Gasteiger charge is 2.15. The van der Waals surface area contributed by atoms with Gasteiger partial charge in [0.2, 0.25) is 0 Å². The van der Waals surface area contributed by atoms with Gasteiger partial charge in [-0.15, -0.1) is 0 Å². The van der Waals surface area contributed by atoms with E-state index in [1.165, 1.54) is 25.3 Å². The number of nitrogens with zero attached hydrogens (tertiary/aromatic N) is 1. The molecule has 1 aromatic heterocycles. The van der Waals surface area contributed by atoms with E-state index < -0.39 is 23.2 Å². The normalized spacial score (nSPS) is 10.3. The molecule has 0 unspecified atom stereocenters. The van der Waals surface area contributed by atoms with Crippen molar-refractivity contribution in [2.24, 2.45) is 0 Å². The van der Waals surface area contributed by atoms with E-state index >= 15 is 0 Å². The molecule has 0 saturated heterocycles. The molecule has 2 rings (SSSR count). The first kappa shape index (κ1) is 14.9. The third-order valence-corrected chi connectivity index (χ3v) is 2.91. The molecule has 1 aromatic carbocycles. The SMILES string of the molecule is CCNc1ccc(C(=O)Nc2c(F)ccc(C)c2F)cn1. The Kier molecular flexibility index (Phi) is 4.47. The zero-order valence-electron chi connectivity index (χ0n) is 11.7. The number of hydrogen-bond acceptors (Lipinski definition) is 3. The van der Waals surface area contributed by atoms with Crippen LogP contribution in [0, 0.1) is 18.6 Å². The van der Waals surface area contributed by atoms with Crippen LogP contribution >= 0.6 is 0 Å². The minimum atomic E-state index is -0.816. The lowest BCUT2D eigenvalue weighted by molar-refractivity contribution is 0.102. The standard InChI is InChI=1S/C15H15F2N3O/c1-3-18-12-7-5-10(8-19-12)15(21)20-14-11(16)6-4-9(2)13(14)17/h4-8H,3H2,1-2H3,(H,18,19)(H,20,21). The van der Waals surface area contributed by atoms with Crippen LogP contribution < -0.4 is 10.6 Å². The minimum absolute atomic E-state index is 0.219. The fraction of sp³-hybridized carbons (Fsp3) is 0.200. The van der Waals surface area contributed by atoms with Crippen LogP contribution in [0.2, 0.25) is 0 Å². The van der Waals surface area contributed by atoms with Crippen LogP contribution in [-0.2, 0) is 0 Å². The van der Waals surface area contributed by atoms with Crippen molar-refractivity contribution >= 4 is 17.4 Å². The van der Waals surface area contributed by atoms with Gasteiger partial charge in [-0.1, -0.05) is 6.07 Å². The molecule has 6 heteroatoms. The number of nitrogens with one attached hydrogen (secondary N) is 2. The maximum absolute atomic E-state index is 13.8. The maximum Gasteiger partial charge on any atom is 0.257 e. The van der Waals surface area contributed by atoms with Crippen LogP contribution in [0.3, 0.4) is 0 Å². The quantitative estimate of drug-likeness (QED) is 0.908. The first-order valence-corrected chi connectivity index (χ1v) is 6.48. The van der Waals surface area contributed by atoms with Gasteiger partial charge in [-0.05, 0) is 37.6 Å². The Balaban J connectivity index is 2.20. The fourth-order valence-corrected chi connectivity index (χ4v) is 1.77. The number of hydrogen-bond donors (Lipinski definition) is 2. The number of amides is 1. The van der Waals surface area contributed by atoms with Crippen LogP contribution in [0.15, 0.2) is 30.5 Å². The van der Waals surface area contributed by atoms with Crippen molar-refractivity contribution in [2.45, 2.75) is 13.8 Å². The van der Waals surface area contributed by atoms with Crippen LogP contribution in [0.1, 0.15) is 22.8 Å². The second kappa shape index (κ2) is 6.30. The molecule has 0 radical (unpaired) electrons. The van der Waals surface area contributed by atoms with E-state index in [1.54, 1.807) is 6.07 Å². The van der Waals surface area contributed by atoms with E-state index in [2.05, 4.69) is 15.6 Å². The predicted molar refractivity (Wildman–Crippen MR) is 77.4 cm³/mol. The van der Waals surface area contributed by atoms with Crippen molar-refractivity contribution in [3.63, 3.8) is 0 Å². The number of carbonyl (C=O) groups excluding carboxylic acids is 1. The average molecular weight is 291 g/mol. The van der Waals surface area contributed by atoms with E-state index in [0.717, 1.165) is 6.07 Å². The van der Waals surface area contributed by atoms with Crippen LogP contribution in [-0.4, -0.2) is 17.4 Å². The van der Waals surface area contributed by atoms with Gasteiger partial charge in [0.25, 0.3) is 5.91 Å². The molecule has 0 fully saturated rings. The molecule has 0 saturated carbocycles. The topological polar surface area (TPSA) is 54.0 Å². The Morgan fingerprint density at radius 3 is 2.62 bits per heavy atom. The van der Waals surface area contributed by atoms with Crippen molar-refractivity contribution < 1.29 is 13.6 Å². The number of carbonyl (C=O) groups is 1. The minimum Gasteiger partial charge on any atom is -0.370 e. The number of aromatic nitrogens is 1. The highest BCUT2D eigenvalue weighted by molar-refractivity contribution is 6.04. The molecule has 0 aliphatic heterocycles. The van der Waals surface area contributed by atoms with E-state index in [4.69, 9.17) is 0 Å². The van der Waals surface area contributed by atoms with Gasteiger partial charge in [0, 0.05) is 12.7 Å². The third kappa shape index (κ3) is 3.34. The Labute approximate surface area is 121 Å². The van der Waals surface area contributed by atoms with Gasteiger partial charge < -0.3 is 10.6 Å². The van der Waals surface area contributed by atoms with Gasteiger partial charge in [0.05, 0.1) is 5.56 Å². The molecule has 0 aliphatic rings. The molecular weight excluding hydrogens is 276 g/mol. The lowest BCUT2D eigenvalue weighted by Gasteiger charge is -2.09. The lowest BCUT2D eigenvalue weighted by Crippen LogP contribution is -2.15. The predicted octanol–water partition coefficient (Wildman–Crippen LogP) is 3.35. The first-order valence-electron chi connectivity index (χ1n) is 6.48. The van der Waals surface area contributed by atoms with Gasteiger partial charge in [-0.2, -0.15) is 0 Å². The van der Waals surface area contributed by atoms with Crippen molar-refractivity contribution in [3.8, 4) is 0 Å². The number of anilines is 2. The number of rotatable bonds is 4. The van der Waals surface area contributed by atoms with Gasteiger partial charge in [-0.3, -0.25) is 4.79 Å². The molecule has 110 valence electrons. The maximum atomic E-state index is 13.8. The fourth-order valence-electron chi connectivity index (χ4n) is 1.77.